The lowest BCUT2D eigenvalue weighted by Gasteiger charge is -2.49. The monoisotopic (exact) mass is 444 g/mol. The van der Waals surface area contributed by atoms with Crippen molar-refractivity contribution in [2.24, 2.45) is 17.1 Å². The quantitative estimate of drug-likeness (QED) is 0.723. The largest absolute Gasteiger partial charge is 0.436 e. The number of halogens is 2. The summed E-state index contributed by atoms with van der Waals surface area (Å²) in [5.41, 5.74) is 5.20. The van der Waals surface area contributed by atoms with E-state index in [9.17, 15) is 4.79 Å². The third kappa shape index (κ3) is 3.18. The Balaban J connectivity index is 2.34. The Morgan fingerprint density at radius 3 is 2.65 bits per heavy atom. The predicted molar refractivity (Wildman–Crippen MR) is 101 cm³/mol. The van der Waals surface area contributed by atoms with Gasteiger partial charge < -0.3 is 15.2 Å². The smallest absolute Gasteiger partial charge is 0.405 e. The number of rotatable bonds is 3. The molecule has 0 bridgehead atoms. The molecule has 0 aromatic carbocycles. The summed E-state index contributed by atoms with van der Waals surface area (Å²) in [6, 6.07) is 1.71. The highest BCUT2D eigenvalue weighted by Crippen LogP contribution is 2.51. The van der Waals surface area contributed by atoms with E-state index in [0.29, 0.717) is 34.2 Å². The zero-order chi connectivity index (χ0) is 19.1. The summed E-state index contributed by atoms with van der Waals surface area (Å²) < 4.78 is 13.8. The van der Waals surface area contributed by atoms with Gasteiger partial charge in [0.25, 0.3) is 0 Å². The number of hydrogen-bond acceptors (Lipinski definition) is 5. The van der Waals surface area contributed by atoms with Crippen molar-refractivity contribution in [1.29, 1.82) is 0 Å². The Morgan fingerprint density at radius 1 is 1.42 bits per heavy atom. The Kier molecular flexibility index (Phi) is 5.20. The number of fused-ring (bicyclic) bond motifs is 1. The lowest BCUT2D eigenvalue weighted by Crippen LogP contribution is -2.53. The van der Waals surface area contributed by atoms with Gasteiger partial charge in [-0.1, -0.05) is 32.4 Å². The molecule has 7 nitrogen and oxygen atoms in total. The van der Waals surface area contributed by atoms with Gasteiger partial charge in [0.05, 0.1) is 16.4 Å². The highest BCUT2D eigenvalue weighted by Gasteiger charge is 2.55. The van der Waals surface area contributed by atoms with E-state index in [1.54, 1.807) is 16.8 Å². The van der Waals surface area contributed by atoms with Crippen LogP contribution in [-0.4, -0.2) is 33.9 Å². The molecule has 1 unspecified atom stereocenters. The van der Waals surface area contributed by atoms with Crippen LogP contribution in [0.4, 0.5) is 4.79 Å². The average Bonchev–Trinajstić information content (AvgIpc) is 2.92. The average molecular weight is 446 g/mol. The van der Waals surface area contributed by atoms with Gasteiger partial charge in [0, 0.05) is 30.6 Å². The summed E-state index contributed by atoms with van der Waals surface area (Å²) in [5.74, 6) is -0.00612. The number of ether oxygens (including phenoxy) is 2. The van der Waals surface area contributed by atoms with Gasteiger partial charge in [0.2, 0.25) is 0 Å². The molecule has 1 atom stereocenters. The van der Waals surface area contributed by atoms with Crippen molar-refractivity contribution in [1.82, 2.24) is 14.6 Å². The Bertz CT molecular complexity index is 829. The van der Waals surface area contributed by atoms with Crippen LogP contribution in [0.15, 0.2) is 16.7 Å². The fourth-order valence-corrected chi connectivity index (χ4v) is 4.46. The van der Waals surface area contributed by atoms with E-state index < -0.39 is 17.1 Å². The molecule has 9 heteroatoms. The van der Waals surface area contributed by atoms with Crippen molar-refractivity contribution in [3.05, 3.63) is 27.6 Å². The van der Waals surface area contributed by atoms with E-state index in [1.165, 1.54) is 0 Å². The lowest BCUT2D eigenvalue weighted by molar-refractivity contribution is -0.142. The molecule has 1 aliphatic rings. The van der Waals surface area contributed by atoms with Crippen LogP contribution in [0.1, 0.15) is 39.3 Å². The van der Waals surface area contributed by atoms with Crippen molar-refractivity contribution in [2.45, 2.75) is 39.2 Å². The molecule has 1 amide bonds. The topological polar surface area (TPSA) is 91.7 Å². The van der Waals surface area contributed by atoms with Crippen LogP contribution in [0.3, 0.4) is 0 Å². The van der Waals surface area contributed by atoms with Crippen molar-refractivity contribution in [3.63, 3.8) is 0 Å². The van der Waals surface area contributed by atoms with Gasteiger partial charge in [-0.05, 0) is 28.8 Å². The molecule has 2 N–H and O–H groups in total. The van der Waals surface area contributed by atoms with Gasteiger partial charge >= 0.3 is 6.09 Å². The minimum absolute atomic E-state index is 0.00612. The molecule has 1 fully saturated rings. The molecule has 1 aliphatic heterocycles. The van der Waals surface area contributed by atoms with Crippen LogP contribution in [0.5, 0.6) is 0 Å². The molecular formula is C17H22BrClN4O3. The predicted octanol–water partition coefficient (Wildman–Crippen LogP) is 3.91. The second kappa shape index (κ2) is 6.98. The second-order valence-corrected chi connectivity index (χ2v) is 8.73. The number of carbonyl (C=O) groups excluding carboxylic acids is 1. The van der Waals surface area contributed by atoms with Crippen molar-refractivity contribution < 1.29 is 14.3 Å². The molecule has 2 aromatic rings. The highest BCUT2D eigenvalue weighted by atomic mass is 79.9. The zero-order valence-corrected chi connectivity index (χ0v) is 17.3. The summed E-state index contributed by atoms with van der Waals surface area (Å²) >= 11 is 9.76. The molecule has 0 spiro atoms. The molecule has 142 valence electrons. The number of nitrogens with zero attached hydrogens (tertiary/aromatic N) is 3. The van der Waals surface area contributed by atoms with Crippen LogP contribution in [-0.2, 0) is 15.1 Å². The fourth-order valence-electron chi connectivity index (χ4n) is 3.93. The normalized spacial score (nSPS) is 18.7. The minimum atomic E-state index is -1.04. The third-order valence-electron chi connectivity index (χ3n) is 4.95. The van der Waals surface area contributed by atoms with Crippen molar-refractivity contribution in [2.75, 3.05) is 13.2 Å². The molecular weight excluding hydrogens is 424 g/mol. The van der Waals surface area contributed by atoms with E-state index in [-0.39, 0.29) is 5.92 Å². The third-order valence-corrected chi connectivity index (χ3v) is 5.70. The molecule has 3 rings (SSSR count). The first-order valence-electron chi connectivity index (χ1n) is 8.43. The van der Waals surface area contributed by atoms with Gasteiger partial charge in [-0.2, -0.15) is 5.10 Å². The summed E-state index contributed by atoms with van der Waals surface area (Å²) in [4.78, 5) is 16.3. The zero-order valence-electron chi connectivity index (χ0n) is 15.0. The number of amides is 1. The number of carbonyl (C=O) groups is 1. The van der Waals surface area contributed by atoms with Gasteiger partial charge in [-0.25, -0.2) is 14.3 Å². The molecule has 0 radical (unpaired) electrons. The fraction of sp³-hybridized carbons (Fsp3) is 0.588. The lowest BCUT2D eigenvalue weighted by atomic mass is 9.64. The highest BCUT2D eigenvalue weighted by molar-refractivity contribution is 9.10. The van der Waals surface area contributed by atoms with Crippen LogP contribution in [0.2, 0.25) is 5.15 Å². The van der Waals surface area contributed by atoms with Crippen LogP contribution < -0.4 is 5.73 Å². The maximum absolute atomic E-state index is 12.0. The van der Waals surface area contributed by atoms with Gasteiger partial charge in [-0.15, -0.1) is 0 Å². The maximum Gasteiger partial charge on any atom is 0.405 e. The van der Waals surface area contributed by atoms with E-state index >= 15 is 0 Å². The Hall–Kier alpha value is -1.38. The van der Waals surface area contributed by atoms with Crippen LogP contribution >= 0.6 is 27.5 Å². The molecule has 1 saturated heterocycles. The van der Waals surface area contributed by atoms with Crippen LogP contribution in [0, 0.1) is 11.3 Å². The molecule has 0 aliphatic carbocycles. The van der Waals surface area contributed by atoms with Gasteiger partial charge in [0.15, 0.2) is 11.2 Å². The number of primary amides is 1. The summed E-state index contributed by atoms with van der Waals surface area (Å²) in [6.45, 7) is 7.24. The van der Waals surface area contributed by atoms with Crippen molar-refractivity contribution in [3.8, 4) is 0 Å². The maximum atomic E-state index is 12.0. The van der Waals surface area contributed by atoms with E-state index in [2.05, 4.69) is 26.0 Å². The number of aromatic nitrogens is 3. The first-order chi connectivity index (χ1) is 12.2. The van der Waals surface area contributed by atoms with E-state index in [4.69, 9.17) is 26.8 Å². The first kappa shape index (κ1) is 19.4. The van der Waals surface area contributed by atoms with E-state index in [1.807, 2.05) is 20.8 Å². The van der Waals surface area contributed by atoms with E-state index in [0.717, 1.165) is 12.8 Å². The SMILES string of the molecule is CC(C)(C)C(OC(N)=O)(c1cc(Cl)nc2c(Br)cnn12)C1CCOCC1. The molecule has 3 heterocycles. The summed E-state index contributed by atoms with van der Waals surface area (Å²) in [5, 5.41) is 4.72. The van der Waals surface area contributed by atoms with Crippen LogP contribution in [0.25, 0.3) is 5.65 Å². The van der Waals surface area contributed by atoms with Gasteiger partial charge in [0.1, 0.15) is 5.15 Å². The number of hydrogen-bond donors (Lipinski definition) is 1. The summed E-state index contributed by atoms with van der Waals surface area (Å²) in [7, 11) is 0. The molecule has 2 aromatic heterocycles. The molecule has 0 saturated carbocycles. The molecule has 26 heavy (non-hydrogen) atoms. The Morgan fingerprint density at radius 2 is 2.08 bits per heavy atom. The standard InChI is InChI=1S/C17H22BrClN4O3/c1-16(2,3)17(26-15(20)24,10-4-6-25-7-5-10)12-8-13(19)22-14-11(18)9-21-23(12)14/h8-10H,4-7H2,1-3H3,(H2,20,24). The minimum Gasteiger partial charge on any atom is -0.436 e. The van der Waals surface area contributed by atoms with Gasteiger partial charge in [-0.3, -0.25) is 0 Å². The van der Waals surface area contributed by atoms with Crippen molar-refractivity contribution >= 4 is 39.3 Å². The Labute approximate surface area is 165 Å². The summed E-state index contributed by atoms with van der Waals surface area (Å²) in [6.07, 6.45) is 2.27. The first-order valence-corrected chi connectivity index (χ1v) is 9.60. The second-order valence-electron chi connectivity index (χ2n) is 7.49. The number of nitrogens with two attached hydrogens (primary N) is 1.